The second-order valence-corrected chi connectivity index (χ2v) is 6.77. The lowest BCUT2D eigenvalue weighted by Gasteiger charge is -2.18. The van der Waals surface area contributed by atoms with Crippen LogP contribution in [0.1, 0.15) is 35.8 Å². The molecule has 0 spiro atoms. The van der Waals surface area contributed by atoms with Gasteiger partial charge in [0.05, 0.1) is 12.1 Å². The van der Waals surface area contributed by atoms with Gasteiger partial charge in [0, 0.05) is 12.2 Å². The molecule has 1 amide bonds. The van der Waals surface area contributed by atoms with E-state index in [9.17, 15) is 18.0 Å². The number of nitrogens with one attached hydrogen (secondary N) is 2. The number of aromatic nitrogens is 3. The first-order chi connectivity index (χ1) is 13.4. The molecule has 0 aliphatic heterocycles. The van der Waals surface area contributed by atoms with Crippen molar-refractivity contribution < 1.29 is 18.0 Å². The van der Waals surface area contributed by atoms with Crippen LogP contribution < -0.4 is 10.6 Å². The zero-order valence-electron chi connectivity index (χ0n) is 14.8. The summed E-state index contributed by atoms with van der Waals surface area (Å²) < 4.78 is 40.3. The van der Waals surface area contributed by atoms with Crippen LogP contribution in [0.2, 0.25) is 0 Å². The van der Waals surface area contributed by atoms with E-state index in [2.05, 4.69) is 20.8 Å². The van der Waals surface area contributed by atoms with Gasteiger partial charge in [-0.05, 0) is 30.5 Å². The van der Waals surface area contributed by atoms with E-state index in [4.69, 9.17) is 0 Å². The van der Waals surface area contributed by atoms with E-state index in [0.717, 1.165) is 30.7 Å². The number of alkyl halides is 3. The molecule has 2 aromatic heterocycles. The van der Waals surface area contributed by atoms with Crippen LogP contribution in [-0.4, -0.2) is 26.5 Å². The first-order valence-electron chi connectivity index (χ1n) is 8.91. The highest BCUT2D eigenvalue weighted by molar-refractivity contribution is 5.83. The Morgan fingerprint density at radius 2 is 1.89 bits per heavy atom. The Balaban J connectivity index is 1.57. The summed E-state index contributed by atoms with van der Waals surface area (Å²) in [6, 6.07) is 11.0. The minimum absolute atomic E-state index is 0.0835. The molecule has 146 valence electrons. The van der Waals surface area contributed by atoms with Gasteiger partial charge >= 0.3 is 6.18 Å². The summed E-state index contributed by atoms with van der Waals surface area (Å²) in [6.07, 6.45) is -1.57. The molecule has 1 atom stereocenters. The number of rotatable bonds is 6. The Labute approximate surface area is 158 Å². The fraction of sp³-hybridized carbons (Fsp3) is 0.316. The normalized spacial score (nSPS) is 15.5. The van der Waals surface area contributed by atoms with Crippen LogP contribution in [0, 0.1) is 0 Å². The molecule has 0 radical (unpaired) electrons. The molecule has 4 rings (SSSR count). The van der Waals surface area contributed by atoms with Gasteiger partial charge in [-0.15, -0.1) is 10.2 Å². The van der Waals surface area contributed by atoms with Crippen LogP contribution in [0.25, 0.3) is 5.65 Å². The number of carbonyl (C=O) groups is 1. The third-order valence-corrected chi connectivity index (χ3v) is 4.58. The van der Waals surface area contributed by atoms with Crippen molar-refractivity contribution in [2.75, 3.05) is 0 Å². The smallest absolute Gasteiger partial charge is 0.352 e. The summed E-state index contributed by atoms with van der Waals surface area (Å²) in [5.41, 5.74) is 0.293. The van der Waals surface area contributed by atoms with Crippen LogP contribution in [0.15, 0.2) is 48.7 Å². The minimum Gasteiger partial charge on any atom is -0.352 e. The Bertz CT molecular complexity index is 982. The van der Waals surface area contributed by atoms with Crippen molar-refractivity contribution in [3.63, 3.8) is 0 Å². The number of fused-ring (bicyclic) bond motifs is 1. The van der Waals surface area contributed by atoms with Gasteiger partial charge in [-0.1, -0.05) is 30.3 Å². The topological polar surface area (TPSA) is 71.3 Å². The molecule has 1 unspecified atom stereocenters. The van der Waals surface area contributed by atoms with Gasteiger partial charge in [-0.2, -0.15) is 13.2 Å². The first-order valence-corrected chi connectivity index (χ1v) is 8.91. The molecule has 28 heavy (non-hydrogen) atoms. The lowest BCUT2D eigenvalue weighted by molar-refractivity contribution is -0.137. The zero-order valence-corrected chi connectivity index (χ0v) is 14.8. The molecular weight excluding hydrogens is 371 g/mol. The summed E-state index contributed by atoms with van der Waals surface area (Å²) in [5.74, 6) is 0.125. The maximum Gasteiger partial charge on any atom is 0.417 e. The van der Waals surface area contributed by atoms with Crippen molar-refractivity contribution in [2.45, 2.75) is 37.6 Å². The molecule has 3 aromatic rings. The van der Waals surface area contributed by atoms with Crippen molar-refractivity contribution >= 4 is 11.6 Å². The standard InChI is InChI=1S/C19H18F3N5O/c20-19(21,22)13-6-9-15-25-26-16(27(15)11-13)10-23-17(12-4-2-1-3-5-12)18(28)24-14-7-8-14/h1-6,9,11,14,17,23H,7-8,10H2,(H,24,28). The molecular formula is C19H18F3N5O. The van der Waals surface area contributed by atoms with Gasteiger partial charge in [-0.3, -0.25) is 14.5 Å². The fourth-order valence-corrected chi connectivity index (χ4v) is 2.94. The highest BCUT2D eigenvalue weighted by Gasteiger charge is 2.31. The molecule has 0 bridgehead atoms. The largest absolute Gasteiger partial charge is 0.417 e. The molecule has 1 aromatic carbocycles. The average Bonchev–Trinajstić information content (AvgIpc) is 3.39. The lowest BCUT2D eigenvalue weighted by Crippen LogP contribution is -2.38. The van der Waals surface area contributed by atoms with E-state index >= 15 is 0 Å². The minimum atomic E-state index is -4.46. The molecule has 1 aliphatic carbocycles. The maximum atomic E-state index is 13.0. The zero-order chi connectivity index (χ0) is 19.7. The van der Waals surface area contributed by atoms with Gasteiger partial charge in [0.1, 0.15) is 6.04 Å². The summed E-state index contributed by atoms with van der Waals surface area (Å²) >= 11 is 0. The Kier molecular flexibility index (Phi) is 4.76. The van der Waals surface area contributed by atoms with E-state index in [1.54, 1.807) is 0 Å². The van der Waals surface area contributed by atoms with Crippen molar-refractivity contribution in [1.29, 1.82) is 0 Å². The van der Waals surface area contributed by atoms with Crippen LogP contribution in [0.4, 0.5) is 13.2 Å². The van der Waals surface area contributed by atoms with Crippen molar-refractivity contribution in [1.82, 2.24) is 25.2 Å². The summed E-state index contributed by atoms with van der Waals surface area (Å²) in [5, 5.41) is 13.9. The second kappa shape index (κ2) is 7.23. The second-order valence-electron chi connectivity index (χ2n) is 6.77. The third-order valence-electron chi connectivity index (χ3n) is 4.58. The molecule has 2 N–H and O–H groups in total. The molecule has 2 heterocycles. The Morgan fingerprint density at radius 1 is 1.14 bits per heavy atom. The fourth-order valence-electron chi connectivity index (χ4n) is 2.94. The van der Waals surface area contributed by atoms with E-state index in [1.807, 2.05) is 30.3 Å². The van der Waals surface area contributed by atoms with Crippen LogP contribution >= 0.6 is 0 Å². The van der Waals surface area contributed by atoms with Crippen molar-refractivity contribution in [2.24, 2.45) is 0 Å². The van der Waals surface area contributed by atoms with Crippen LogP contribution in [-0.2, 0) is 17.5 Å². The van der Waals surface area contributed by atoms with Crippen LogP contribution in [0.3, 0.4) is 0 Å². The predicted octanol–water partition coefficient (Wildman–Crippen LogP) is 2.86. The Hall–Kier alpha value is -2.94. The molecule has 1 saturated carbocycles. The molecule has 1 aliphatic rings. The van der Waals surface area contributed by atoms with Crippen molar-refractivity contribution in [3.8, 4) is 0 Å². The van der Waals surface area contributed by atoms with Crippen molar-refractivity contribution in [3.05, 3.63) is 65.6 Å². The number of hydrogen-bond donors (Lipinski definition) is 2. The number of benzene rings is 1. The van der Waals surface area contributed by atoms with E-state index in [0.29, 0.717) is 11.5 Å². The van der Waals surface area contributed by atoms with Crippen LogP contribution in [0.5, 0.6) is 0 Å². The van der Waals surface area contributed by atoms with Gasteiger partial charge in [-0.25, -0.2) is 0 Å². The van der Waals surface area contributed by atoms with E-state index in [1.165, 1.54) is 10.5 Å². The summed E-state index contributed by atoms with van der Waals surface area (Å²) in [6.45, 7) is 0.0835. The highest BCUT2D eigenvalue weighted by atomic mass is 19.4. The maximum absolute atomic E-state index is 13.0. The molecule has 9 heteroatoms. The molecule has 1 fully saturated rings. The summed E-state index contributed by atoms with van der Waals surface area (Å²) in [7, 11) is 0. The molecule has 6 nitrogen and oxygen atoms in total. The number of amides is 1. The van der Waals surface area contributed by atoms with E-state index in [-0.39, 0.29) is 18.5 Å². The first kappa shape index (κ1) is 18.4. The predicted molar refractivity (Wildman–Crippen MR) is 95.2 cm³/mol. The number of halogens is 3. The summed E-state index contributed by atoms with van der Waals surface area (Å²) in [4.78, 5) is 12.6. The number of pyridine rings is 1. The van der Waals surface area contributed by atoms with Gasteiger partial charge < -0.3 is 5.32 Å². The molecule has 0 saturated heterocycles. The van der Waals surface area contributed by atoms with Gasteiger partial charge in [0.25, 0.3) is 0 Å². The van der Waals surface area contributed by atoms with E-state index < -0.39 is 17.8 Å². The highest BCUT2D eigenvalue weighted by Crippen LogP contribution is 2.29. The van der Waals surface area contributed by atoms with Gasteiger partial charge in [0.15, 0.2) is 11.5 Å². The third kappa shape index (κ3) is 3.99. The number of nitrogens with zero attached hydrogens (tertiary/aromatic N) is 3. The number of carbonyl (C=O) groups excluding carboxylic acids is 1. The Morgan fingerprint density at radius 3 is 2.57 bits per heavy atom. The number of hydrogen-bond acceptors (Lipinski definition) is 4. The quantitative estimate of drug-likeness (QED) is 0.680. The van der Waals surface area contributed by atoms with Gasteiger partial charge in [0.2, 0.25) is 5.91 Å². The SMILES string of the molecule is O=C(NC1CC1)C(NCc1nnc2ccc(C(F)(F)F)cn12)c1ccccc1. The monoisotopic (exact) mass is 389 g/mol. The lowest BCUT2D eigenvalue weighted by atomic mass is 10.1. The average molecular weight is 389 g/mol.